The molecule has 0 N–H and O–H groups in total. The molecule has 29 heavy (non-hydrogen) atoms. The fraction of sp³-hybridized carbons (Fsp3) is 0.524. The molecule has 1 aliphatic heterocycles. The summed E-state index contributed by atoms with van der Waals surface area (Å²) in [6, 6.07) is 3.97. The van der Waals surface area contributed by atoms with Crippen LogP contribution in [0, 0.1) is 11.3 Å². The molecule has 1 heterocycles. The number of amides is 1. The quantitative estimate of drug-likeness (QED) is 0.560. The van der Waals surface area contributed by atoms with Crippen molar-refractivity contribution in [2.24, 2.45) is 11.3 Å². The van der Waals surface area contributed by atoms with Gasteiger partial charge in [-0.15, -0.1) is 0 Å². The lowest BCUT2D eigenvalue weighted by molar-refractivity contribution is -0.146. The van der Waals surface area contributed by atoms with Crippen molar-refractivity contribution in [1.29, 1.82) is 0 Å². The van der Waals surface area contributed by atoms with E-state index in [-0.39, 0.29) is 29.3 Å². The lowest BCUT2D eigenvalue weighted by atomic mass is 9.91. The van der Waals surface area contributed by atoms with Gasteiger partial charge in [0.25, 0.3) is 0 Å². The lowest BCUT2D eigenvalue weighted by Gasteiger charge is -2.35. The van der Waals surface area contributed by atoms with E-state index in [0.717, 1.165) is 0 Å². The van der Waals surface area contributed by atoms with Crippen molar-refractivity contribution in [1.82, 2.24) is 4.90 Å². The van der Waals surface area contributed by atoms with Gasteiger partial charge in [-0.25, -0.2) is 9.59 Å². The minimum atomic E-state index is -0.673. The summed E-state index contributed by atoms with van der Waals surface area (Å²) in [6.07, 6.45) is 1.28. The van der Waals surface area contributed by atoms with Crippen molar-refractivity contribution < 1.29 is 33.4 Å². The normalized spacial score (nSPS) is 16.7. The zero-order chi connectivity index (χ0) is 21.8. The number of rotatable bonds is 4. The van der Waals surface area contributed by atoms with Crippen LogP contribution in [0.25, 0.3) is 0 Å². The summed E-state index contributed by atoms with van der Waals surface area (Å²) >= 11 is 0. The summed E-state index contributed by atoms with van der Waals surface area (Å²) < 4.78 is 14.8. The maximum absolute atomic E-state index is 12.7. The van der Waals surface area contributed by atoms with E-state index in [4.69, 9.17) is 4.74 Å². The molecule has 8 heteroatoms. The van der Waals surface area contributed by atoms with Crippen molar-refractivity contribution in [2.45, 2.75) is 33.6 Å². The topological polar surface area (TPSA) is 99.2 Å². The molecule has 0 saturated carbocycles. The van der Waals surface area contributed by atoms with Crippen LogP contribution in [0.5, 0.6) is 5.75 Å². The molecule has 1 saturated heterocycles. The predicted octanol–water partition coefficient (Wildman–Crippen LogP) is 2.45. The highest BCUT2D eigenvalue weighted by molar-refractivity contribution is 5.96. The Balaban J connectivity index is 2.19. The Kier molecular flexibility index (Phi) is 7.00. The average Bonchev–Trinajstić information content (AvgIpc) is 2.70. The molecule has 1 atom stereocenters. The maximum atomic E-state index is 12.7. The van der Waals surface area contributed by atoms with Gasteiger partial charge in [0.15, 0.2) is 0 Å². The number of esters is 3. The second-order valence-electron chi connectivity index (χ2n) is 7.99. The summed E-state index contributed by atoms with van der Waals surface area (Å²) in [6.45, 7) is 6.39. The smallest absolute Gasteiger partial charge is 0.338 e. The van der Waals surface area contributed by atoms with E-state index in [1.165, 1.54) is 32.4 Å². The number of ether oxygens (including phenoxy) is 3. The highest BCUT2D eigenvalue weighted by Gasteiger charge is 2.34. The Morgan fingerprint density at radius 2 is 1.52 bits per heavy atom. The van der Waals surface area contributed by atoms with Gasteiger partial charge >= 0.3 is 17.9 Å². The van der Waals surface area contributed by atoms with E-state index >= 15 is 0 Å². The third-order valence-electron chi connectivity index (χ3n) is 4.65. The van der Waals surface area contributed by atoms with Gasteiger partial charge in [-0.2, -0.15) is 0 Å². The maximum Gasteiger partial charge on any atom is 0.338 e. The Morgan fingerprint density at radius 3 is 2.00 bits per heavy atom. The first-order valence-electron chi connectivity index (χ1n) is 9.39. The molecular formula is C21H27NO7. The molecule has 1 aromatic carbocycles. The number of methoxy groups -OCH3 is 2. The number of likely N-dealkylation sites (tertiary alicyclic amines) is 1. The molecule has 2 rings (SSSR count). The fourth-order valence-electron chi connectivity index (χ4n) is 3.16. The summed E-state index contributed by atoms with van der Waals surface area (Å²) in [5, 5.41) is 0. The van der Waals surface area contributed by atoms with Gasteiger partial charge in [0.05, 0.1) is 31.3 Å². The van der Waals surface area contributed by atoms with Gasteiger partial charge < -0.3 is 19.1 Å². The van der Waals surface area contributed by atoms with E-state index in [1.54, 1.807) is 4.90 Å². The number of carbonyl (C=O) groups is 4. The van der Waals surface area contributed by atoms with Crippen molar-refractivity contribution in [2.75, 3.05) is 27.3 Å². The Bertz CT molecular complexity index is 775. The standard InChI is InChI=1S/C21H27NO7/c1-21(2,3)20(26)22-8-6-7-13(12-22)19(25)29-16-10-14(17(23)27-4)9-15(11-16)18(24)28-5/h9-11,13H,6-8,12H2,1-5H3. The predicted molar refractivity (Wildman–Crippen MR) is 104 cm³/mol. The number of nitrogens with zero attached hydrogens (tertiary/aromatic N) is 1. The number of piperidine rings is 1. The van der Waals surface area contributed by atoms with Crippen molar-refractivity contribution in [3.8, 4) is 5.75 Å². The highest BCUT2D eigenvalue weighted by atomic mass is 16.5. The van der Waals surface area contributed by atoms with Crippen LogP contribution in [-0.2, 0) is 19.1 Å². The molecule has 0 aliphatic carbocycles. The first-order chi connectivity index (χ1) is 13.6. The molecule has 0 radical (unpaired) electrons. The van der Waals surface area contributed by atoms with Crippen LogP contribution in [-0.4, -0.2) is 56.0 Å². The summed E-state index contributed by atoms with van der Waals surface area (Å²) in [5.41, 5.74) is -0.409. The second kappa shape index (κ2) is 9.07. The second-order valence-corrected chi connectivity index (χ2v) is 7.99. The van der Waals surface area contributed by atoms with E-state index in [1.807, 2.05) is 20.8 Å². The van der Waals surface area contributed by atoms with Gasteiger partial charge in [-0.05, 0) is 31.0 Å². The van der Waals surface area contributed by atoms with Crippen LogP contribution in [0.2, 0.25) is 0 Å². The van der Waals surface area contributed by atoms with Crippen LogP contribution in [0.4, 0.5) is 0 Å². The summed E-state index contributed by atoms with van der Waals surface area (Å²) in [5.74, 6) is -2.33. The zero-order valence-electron chi connectivity index (χ0n) is 17.4. The number of benzene rings is 1. The molecule has 1 amide bonds. The third-order valence-corrected chi connectivity index (χ3v) is 4.65. The largest absolute Gasteiger partial charge is 0.465 e. The van der Waals surface area contributed by atoms with Crippen LogP contribution in [0.1, 0.15) is 54.3 Å². The van der Waals surface area contributed by atoms with Crippen LogP contribution in [0.15, 0.2) is 18.2 Å². The van der Waals surface area contributed by atoms with E-state index < -0.39 is 29.2 Å². The monoisotopic (exact) mass is 405 g/mol. The van der Waals surface area contributed by atoms with Crippen molar-refractivity contribution >= 4 is 23.8 Å². The molecular weight excluding hydrogens is 378 g/mol. The summed E-state index contributed by atoms with van der Waals surface area (Å²) in [7, 11) is 2.42. The van der Waals surface area contributed by atoms with E-state index in [0.29, 0.717) is 19.4 Å². The molecule has 1 unspecified atom stereocenters. The minimum Gasteiger partial charge on any atom is -0.465 e. The Morgan fingerprint density at radius 1 is 0.966 bits per heavy atom. The molecule has 8 nitrogen and oxygen atoms in total. The summed E-state index contributed by atoms with van der Waals surface area (Å²) in [4.78, 5) is 50.6. The van der Waals surface area contributed by atoms with Crippen LogP contribution < -0.4 is 4.74 Å². The SMILES string of the molecule is COC(=O)c1cc(OC(=O)C2CCCN(C(=O)C(C)(C)C)C2)cc(C(=O)OC)c1. The van der Waals surface area contributed by atoms with Gasteiger partial charge in [-0.1, -0.05) is 20.8 Å². The minimum absolute atomic E-state index is 0.0179. The molecule has 1 aromatic rings. The molecule has 158 valence electrons. The zero-order valence-corrected chi connectivity index (χ0v) is 17.4. The fourth-order valence-corrected chi connectivity index (χ4v) is 3.16. The molecule has 1 fully saturated rings. The lowest BCUT2D eigenvalue weighted by Crippen LogP contribution is -2.47. The van der Waals surface area contributed by atoms with Gasteiger partial charge in [0, 0.05) is 18.5 Å². The molecule has 0 aromatic heterocycles. The van der Waals surface area contributed by atoms with Crippen molar-refractivity contribution in [3.05, 3.63) is 29.3 Å². The molecule has 0 bridgehead atoms. The molecule has 0 spiro atoms. The van der Waals surface area contributed by atoms with Gasteiger partial charge in [0.1, 0.15) is 5.75 Å². The van der Waals surface area contributed by atoms with E-state index in [9.17, 15) is 19.2 Å². The molecule has 1 aliphatic rings. The number of carbonyl (C=O) groups excluding carboxylic acids is 4. The van der Waals surface area contributed by atoms with Crippen molar-refractivity contribution in [3.63, 3.8) is 0 Å². The average molecular weight is 405 g/mol. The van der Waals surface area contributed by atoms with Crippen LogP contribution in [0.3, 0.4) is 0 Å². The Hall–Kier alpha value is -2.90. The van der Waals surface area contributed by atoms with Gasteiger partial charge in [-0.3, -0.25) is 9.59 Å². The first-order valence-corrected chi connectivity index (χ1v) is 9.39. The van der Waals surface area contributed by atoms with Crippen LogP contribution >= 0.6 is 0 Å². The third kappa shape index (κ3) is 5.56. The Labute approximate surface area is 170 Å². The number of hydrogen-bond acceptors (Lipinski definition) is 7. The van der Waals surface area contributed by atoms with Gasteiger partial charge in [0.2, 0.25) is 5.91 Å². The number of hydrogen-bond donors (Lipinski definition) is 0. The van der Waals surface area contributed by atoms with E-state index in [2.05, 4.69) is 9.47 Å². The highest BCUT2D eigenvalue weighted by Crippen LogP contribution is 2.26. The first kappa shape index (κ1) is 22.4.